The van der Waals surface area contributed by atoms with E-state index in [-0.39, 0.29) is 0 Å². The predicted octanol–water partition coefficient (Wildman–Crippen LogP) is 5.55. The fraction of sp³-hybridized carbons (Fsp3) is 0. The van der Waals surface area contributed by atoms with E-state index in [4.69, 9.17) is 0 Å². The van der Waals surface area contributed by atoms with E-state index < -0.39 is 0 Å². The van der Waals surface area contributed by atoms with Crippen molar-refractivity contribution in [1.82, 2.24) is 10.2 Å². The van der Waals surface area contributed by atoms with Gasteiger partial charge in [0.2, 0.25) is 0 Å². The number of nitrogens with one attached hydrogen (secondary N) is 1. The van der Waals surface area contributed by atoms with E-state index in [2.05, 4.69) is 21.6 Å². The Labute approximate surface area is 147 Å². The zero-order chi connectivity index (χ0) is 16.9. The van der Waals surface area contributed by atoms with E-state index in [9.17, 15) is 0 Å². The summed E-state index contributed by atoms with van der Waals surface area (Å²) in [5.74, 6) is 0. The first-order valence-corrected chi connectivity index (χ1v) is 8.21. The molecule has 0 unspecified atom stereocenters. The summed E-state index contributed by atoms with van der Waals surface area (Å²) in [6.45, 7) is 0. The van der Waals surface area contributed by atoms with Crippen LogP contribution in [0.2, 0.25) is 0 Å². The summed E-state index contributed by atoms with van der Waals surface area (Å²) in [5, 5.41) is 12.4. The largest absolute Gasteiger partial charge is 0.354 e. The maximum atomic E-state index is 4.51. The Bertz CT molecular complexity index is 952. The molecule has 0 saturated carbocycles. The zero-order valence-electron chi connectivity index (χ0n) is 13.6. The van der Waals surface area contributed by atoms with Crippen molar-refractivity contribution in [3.8, 4) is 22.5 Å². The molecule has 120 valence electrons. The first-order chi connectivity index (χ1) is 12.4. The van der Waals surface area contributed by atoms with Crippen LogP contribution in [0.15, 0.2) is 97.1 Å². The van der Waals surface area contributed by atoms with Gasteiger partial charge in [-0.2, -0.15) is 0 Å². The number of hydrogen-bond acceptors (Lipinski definition) is 3. The molecule has 1 aromatic heterocycles. The van der Waals surface area contributed by atoms with Crippen LogP contribution in [0.3, 0.4) is 0 Å². The van der Waals surface area contributed by atoms with E-state index in [0.29, 0.717) is 0 Å². The third-order valence-corrected chi connectivity index (χ3v) is 3.96. The van der Waals surface area contributed by atoms with Gasteiger partial charge < -0.3 is 5.32 Å². The highest BCUT2D eigenvalue weighted by atomic mass is 15.1. The average Bonchev–Trinajstić information content (AvgIpc) is 2.70. The van der Waals surface area contributed by atoms with Crippen LogP contribution in [0.5, 0.6) is 0 Å². The van der Waals surface area contributed by atoms with Gasteiger partial charge in [0.1, 0.15) is 5.69 Å². The van der Waals surface area contributed by atoms with Gasteiger partial charge in [0.15, 0.2) is 0 Å². The average molecular weight is 323 g/mol. The minimum Gasteiger partial charge on any atom is -0.354 e. The Kier molecular flexibility index (Phi) is 4.21. The van der Waals surface area contributed by atoms with Gasteiger partial charge in [-0.15, -0.1) is 10.2 Å². The van der Waals surface area contributed by atoms with Crippen molar-refractivity contribution in [2.75, 3.05) is 5.32 Å². The molecule has 0 radical (unpaired) electrons. The fourth-order valence-corrected chi connectivity index (χ4v) is 2.72. The van der Waals surface area contributed by atoms with Gasteiger partial charge in [0.05, 0.1) is 11.4 Å². The molecule has 0 aliphatic carbocycles. The lowest BCUT2D eigenvalue weighted by atomic mass is 10.1. The quantitative estimate of drug-likeness (QED) is 0.535. The lowest BCUT2D eigenvalue weighted by molar-refractivity contribution is 1.05. The van der Waals surface area contributed by atoms with Gasteiger partial charge in [0.25, 0.3) is 0 Å². The SMILES string of the molecule is c1ccc(Nc2cc(-c3ccccc3)nnc2-c2ccccc2)cc1. The Balaban J connectivity index is 1.81. The van der Waals surface area contributed by atoms with Crippen molar-refractivity contribution in [3.63, 3.8) is 0 Å². The summed E-state index contributed by atoms with van der Waals surface area (Å²) < 4.78 is 0. The lowest BCUT2D eigenvalue weighted by Gasteiger charge is -2.12. The van der Waals surface area contributed by atoms with Gasteiger partial charge >= 0.3 is 0 Å². The molecular formula is C22H17N3. The smallest absolute Gasteiger partial charge is 0.116 e. The maximum absolute atomic E-state index is 4.51. The second-order valence-corrected chi connectivity index (χ2v) is 5.71. The summed E-state index contributed by atoms with van der Waals surface area (Å²) in [7, 11) is 0. The van der Waals surface area contributed by atoms with Crippen molar-refractivity contribution >= 4 is 11.4 Å². The van der Waals surface area contributed by atoms with Crippen molar-refractivity contribution < 1.29 is 0 Å². The molecule has 0 spiro atoms. The molecule has 3 nitrogen and oxygen atoms in total. The molecule has 0 saturated heterocycles. The van der Waals surface area contributed by atoms with Crippen LogP contribution in [0.25, 0.3) is 22.5 Å². The van der Waals surface area contributed by atoms with Gasteiger partial charge in [0, 0.05) is 16.8 Å². The number of anilines is 2. The summed E-state index contributed by atoms with van der Waals surface area (Å²) >= 11 is 0. The van der Waals surface area contributed by atoms with Crippen LogP contribution in [0.4, 0.5) is 11.4 Å². The van der Waals surface area contributed by atoms with Crippen molar-refractivity contribution in [2.45, 2.75) is 0 Å². The third-order valence-electron chi connectivity index (χ3n) is 3.96. The fourth-order valence-electron chi connectivity index (χ4n) is 2.72. The Hall–Kier alpha value is -3.46. The van der Waals surface area contributed by atoms with Crippen molar-refractivity contribution in [2.24, 2.45) is 0 Å². The van der Waals surface area contributed by atoms with Crippen molar-refractivity contribution in [3.05, 3.63) is 97.1 Å². The molecule has 4 rings (SSSR count). The Morgan fingerprint density at radius 1 is 0.560 bits per heavy atom. The molecule has 0 fully saturated rings. The summed E-state index contributed by atoms with van der Waals surface area (Å²) in [6.07, 6.45) is 0. The summed E-state index contributed by atoms with van der Waals surface area (Å²) in [5.41, 5.74) is 5.72. The van der Waals surface area contributed by atoms with Crippen LogP contribution in [-0.2, 0) is 0 Å². The molecule has 1 heterocycles. The summed E-state index contributed by atoms with van der Waals surface area (Å²) in [6, 6.07) is 32.4. The Morgan fingerprint density at radius 3 is 1.76 bits per heavy atom. The van der Waals surface area contributed by atoms with E-state index in [1.165, 1.54) is 0 Å². The van der Waals surface area contributed by atoms with Crippen LogP contribution in [-0.4, -0.2) is 10.2 Å². The van der Waals surface area contributed by atoms with Crippen molar-refractivity contribution in [1.29, 1.82) is 0 Å². The minimum atomic E-state index is 0.837. The molecule has 0 atom stereocenters. The normalized spacial score (nSPS) is 10.4. The second kappa shape index (κ2) is 6.97. The van der Waals surface area contributed by atoms with Crippen LogP contribution in [0, 0.1) is 0 Å². The molecule has 0 amide bonds. The highest BCUT2D eigenvalue weighted by molar-refractivity contribution is 5.80. The molecule has 0 bridgehead atoms. The van der Waals surface area contributed by atoms with E-state index >= 15 is 0 Å². The van der Waals surface area contributed by atoms with Crippen LogP contribution >= 0.6 is 0 Å². The number of para-hydroxylation sites is 1. The molecule has 1 N–H and O–H groups in total. The van der Waals surface area contributed by atoms with E-state index in [0.717, 1.165) is 33.9 Å². The first-order valence-electron chi connectivity index (χ1n) is 8.21. The number of aromatic nitrogens is 2. The Morgan fingerprint density at radius 2 is 1.12 bits per heavy atom. The van der Waals surface area contributed by atoms with Crippen LogP contribution < -0.4 is 5.32 Å². The molecule has 0 aliphatic rings. The number of nitrogens with zero attached hydrogens (tertiary/aromatic N) is 2. The highest BCUT2D eigenvalue weighted by Crippen LogP contribution is 2.30. The second-order valence-electron chi connectivity index (χ2n) is 5.71. The standard InChI is InChI=1S/C22H17N3/c1-4-10-17(11-5-1)20-16-21(23-19-14-8-3-9-15-19)22(25-24-20)18-12-6-2-7-13-18/h1-16H,(H,23,24). The third kappa shape index (κ3) is 3.40. The predicted molar refractivity (Wildman–Crippen MR) is 103 cm³/mol. The lowest BCUT2D eigenvalue weighted by Crippen LogP contribution is -1.99. The number of hydrogen-bond donors (Lipinski definition) is 1. The monoisotopic (exact) mass is 323 g/mol. The number of rotatable bonds is 4. The molecule has 3 heteroatoms. The minimum absolute atomic E-state index is 0.837. The number of benzene rings is 3. The van der Waals surface area contributed by atoms with Gasteiger partial charge in [-0.1, -0.05) is 78.9 Å². The molecule has 0 aliphatic heterocycles. The summed E-state index contributed by atoms with van der Waals surface area (Å²) in [4.78, 5) is 0. The van der Waals surface area contributed by atoms with E-state index in [1.54, 1.807) is 0 Å². The maximum Gasteiger partial charge on any atom is 0.116 e. The molecule has 3 aromatic carbocycles. The topological polar surface area (TPSA) is 37.8 Å². The van der Waals surface area contributed by atoms with Gasteiger partial charge in [-0.25, -0.2) is 0 Å². The molecule has 4 aromatic rings. The first kappa shape index (κ1) is 15.1. The van der Waals surface area contributed by atoms with Crippen LogP contribution in [0.1, 0.15) is 0 Å². The highest BCUT2D eigenvalue weighted by Gasteiger charge is 2.11. The van der Waals surface area contributed by atoms with E-state index in [1.807, 2.05) is 91.0 Å². The molecular weight excluding hydrogens is 306 g/mol. The molecule has 25 heavy (non-hydrogen) atoms. The van der Waals surface area contributed by atoms with Gasteiger partial charge in [-0.05, 0) is 18.2 Å². The van der Waals surface area contributed by atoms with Gasteiger partial charge in [-0.3, -0.25) is 0 Å². The zero-order valence-corrected chi connectivity index (χ0v) is 13.6.